The highest BCUT2D eigenvalue weighted by atomic mass is 35.5. The molecule has 2 aliphatic heterocycles. The van der Waals surface area contributed by atoms with Crippen molar-refractivity contribution in [2.75, 3.05) is 32.7 Å². The van der Waals surface area contributed by atoms with Crippen molar-refractivity contribution in [3.8, 4) is 0 Å². The number of halogens is 1. The predicted molar refractivity (Wildman–Crippen MR) is 117 cm³/mol. The first-order chi connectivity index (χ1) is 13.5. The molecule has 0 radical (unpaired) electrons. The molecule has 4 rings (SSSR count). The lowest BCUT2D eigenvalue weighted by Gasteiger charge is -2.40. The highest BCUT2D eigenvalue weighted by Crippen LogP contribution is 2.31. The van der Waals surface area contributed by atoms with Crippen LogP contribution in [0.1, 0.15) is 18.1 Å². The Kier molecular flexibility index (Phi) is 7.01. The van der Waals surface area contributed by atoms with E-state index < -0.39 is 16.1 Å². The predicted octanol–water partition coefficient (Wildman–Crippen LogP) is 2.45. The molecule has 158 valence electrons. The first-order valence-electron chi connectivity index (χ1n) is 9.64. The Balaban J connectivity index is 0.00000240. The van der Waals surface area contributed by atoms with Gasteiger partial charge in [-0.15, -0.1) is 23.7 Å². The molecule has 1 aromatic heterocycles. The summed E-state index contributed by atoms with van der Waals surface area (Å²) in [6.07, 6.45) is 0.424. The van der Waals surface area contributed by atoms with Gasteiger partial charge in [-0.25, -0.2) is 8.42 Å². The van der Waals surface area contributed by atoms with Crippen LogP contribution in [0, 0.1) is 0 Å². The minimum Gasteiger partial charge on any atom is -0.339 e. The van der Waals surface area contributed by atoms with Crippen LogP contribution < -0.4 is 0 Å². The SMILES string of the molecule is CCN1CCN(C(=O)C2Cc3ccccc3CN2S(=O)(=O)c2cccs2)CC1.Cl. The Bertz CT molecular complexity index is 942. The van der Waals surface area contributed by atoms with E-state index in [1.807, 2.05) is 29.2 Å². The van der Waals surface area contributed by atoms with Crippen LogP contribution in [0.25, 0.3) is 0 Å². The van der Waals surface area contributed by atoms with E-state index in [0.717, 1.165) is 30.8 Å². The molecule has 2 aromatic rings. The van der Waals surface area contributed by atoms with Gasteiger partial charge in [-0.2, -0.15) is 4.31 Å². The Morgan fingerprint density at radius 2 is 1.76 bits per heavy atom. The van der Waals surface area contributed by atoms with Crippen molar-refractivity contribution in [3.63, 3.8) is 0 Å². The van der Waals surface area contributed by atoms with Crippen molar-refractivity contribution in [1.82, 2.24) is 14.1 Å². The van der Waals surface area contributed by atoms with Gasteiger partial charge in [0.15, 0.2) is 0 Å². The van der Waals surface area contributed by atoms with E-state index in [0.29, 0.717) is 23.7 Å². The van der Waals surface area contributed by atoms with Crippen molar-refractivity contribution in [2.45, 2.75) is 30.1 Å². The molecular formula is C20H26ClN3O3S2. The molecular weight excluding hydrogens is 430 g/mol. The summed E-state index contributed by atoms with van der Waals surface area (Å²) in [5.41, 5.74) is 2.04. The van der Waals surface area contributed by atoms with Crippen LogP contribution in [0.5, 0.6) is 0 Å². The van der Waals surface area contributed by atoms with Gasteiger partial charge in [-0.3, -0.25) is 4.79 Å². The fourth-order valence-corrected chi connectivity index (χ4v) is 6.66. The van der Waals surface area contributed by atoms with Crippen molar-refractivity contribution >= 4 is 39.7 Å². The number of piperazine rings is 1. The summed E-state index contributed by atoms with van der Waals surface area (Å²) in [6, 6.07) is 10.5. The molecule has 1 fully saturated rings. The van der Waals surface area contributed by atoms with E-state index in [1.54, 1.807) is 17.5 Å². The van der Waals surface area contributed by atoms with Gasteiger partial charge < -0.3 is 9.80 Å². The Morgan fingerprint density at radius 3 is 2.38 bits per heavy atom. The number of fused-ring (bicyclic) bond motifs is 1. The van der Waals surface area contributed by atoms with Crippen molar-refractivity contribution in [1.29, 1.82) is 0 Å². The second kappa shape index (κ2) is 9.14. The quantitative estimate of drug-likeness (QED) is 0.710. The lowest BCUT2D eigenvalue weighted by atomic mass is 9.95. The van der Waals surface area contributed by atoms with Gasteiger partial charge in [0, 0.05) is 32.7 Å². The minimum atomic E-state index is -3.72. The molecule has 2 aliphatic rings. The Morgan fingerprint density at radius 1 is 1.07 bits per heavy atom. The fourth-order valence-electron chi connectivity index (χ4n) is 3.98. The van der Waals surface area contributed by atoms with E-state index in [1.165, 1.54) is 15.6 Å². The first-order valence-corrected chi connectivity index (χ1v) is 12.0. The fraction of sp³-hybridized carbons (Fsp3) is 0.450. The van der Waals surface area contributed by atoms with Crippen LogP contribution in [0.4, 0.5) is 0 Å². The van der Waals surface area contributed by atoms with Gasteiger partial charge in [0.2, 0.25) is 5.91 Å². The summed E-state index contributed by atoms with van der Waals surface area (Å²) in [6.45, 7) is 6.30. The number of hydrogen-bond donors (Lipinski definition) is 0. The van der Waals surface area contributed by atoms with E-state index in [4.69, 9.17) is 0 Å². The molecule has 0 saturated carbocycles. The molecule has 9 heteroatoms. The maximum Gasteiger partial charge on any atom is 0.253 e. The number of hydrogen-bond acceptors (Lipinski definition) is 5. The number of sulfonamides is 1. The maximum absolute atomic E-state index is 13.4. The number of rotatable bonds is 4. The monoisotopic (exact) mass is 455 g/mol. The molecule has 1 aromatic carbocycles. The number of carbonyl (C=O) groups excluding carboxylic acids is 1. The first kappa shape index (κ1) is 22.2. The molecule has 0 spiro atoms. The summed E-state index contributed by atoms with van der Waals surface area (Å²) >= 11 is 1.20. The van der Waals surface area contributed by atoms with Gasteiger partial charge in [0.25, 0.3) is 10.0 Å². The van der Waals surface area contributed by atoms with Crippen LogP contribution in [-0.4, -0.2) is 67.2 Å². The standard InChI is InChI=1S/C20H25N3O3S2.ClH/c1-2-21-9-11-22(12-10-21)20(24)18-14-16-6-3-4-7-17(16)15-23(18)28(25,26)19-8-5-13-27-19;/h3-8,13,18H,2,9-12,14-15H2,1H3;1H. The summed E-state index contributed by atoms with van der Waals surface area (Å²) in [4.78, 5) is 17.5. The van der Waals surface area contributed by atoms with Gasteiger partial charge in [0.05, 0.1) is 0 Å². The van der Waals surface area contributed by atoms with Crippen molar-refractivity contribution in [3.05, 3.63) is 52.9 Å². The van der Waals surface area contributed by atoms with E-state index >= 15 is 0 Å². The van der Waals surface area contributed by atoms with Crippen LogP contribution in [0.2, 0.25) is 0 Å². The lowest BCUT2D eigenvalue weighted by molar-refractivity contribution is -0.137. The smallest absolute Gasteiger partial charge is 0.253 e. The lowest BCUT2D eigenvalue weighted by Crippen LogP contribution is -2.57. The normalized spacial score (nSPS) is 20.7. The highest BCUT2D eigenvalue weighted by Gasteiger charge is 2.41. The number of amides is 1. The third-order valence-electron chi connectivity index (χ3n) is 5.68. The Labute approximate surface area is 182 Å². The zero-order valence-electron chi connectivity index (χ0n) is 16.4. The van der Waals surface area contributed by atoms with Crippen LogP contribution >= 0.6 is 23.7 Å². The van der Waals surface area contributed by atoms with Gasteiger partial charge >= 0.3 is 0 Å². The van der Waals surface area contributed by atoms with E-state index in [2.05, 4.69) is 11.8 Å². The number of thiophene rings is 1. The summed E-state index contributed by atoms with van der Waals surface area (Å²) in [7, 11) is -3.72. The molecule has 0 bridgehead atoms. The van der Waals surface area contributed by atoms with Gasteiger partial charge in [-0.1, -0.05) is 37.3 Å². The van der Waals surface area contributed by atoms with Gasteiger partial charge in [-0.05, 0) is 35.5 Å². The van der Waals surface area contributed by atoms with Crippen LogP contribution in [-0.2, 0) is 27.8 Å². The largest absolute Gasteiger partial charge is 0.339 e. The number of benzene rings is 1. The molecule has 3 heterocycles. The Hall–Kier alpha value is -1.45. The molecule has 29 heavy (non-hydrogen) atoms. The van der Waals surface area contributed by atoms with Crippen molar-refractivity contribution in [2.24, 2.45) is 0 Å². The topological polar surface area (TPSA) is 60.9 Å². The molecule has 0 aliphatic carbocycles. The summed E-state index contributed by atoms with van der Waals surface area (Å²) < 4.78 is 28.3. The molecule has 0 N–H and O–H groups in total. The molecule has 1 amide bonds. The van der Waals surface area contributed by atoms with Crippen LogP contribution in [0.3, 0.4) is 0 Å². The minimum absolute atomic E-state index is 0. The maximum atomic E-state index is 13.4. The highest BCUT2D eigenvalue weighted by molar-refractivity contribution is 7.91. The zero-order valence-corrected chi connectivity index (χ0v) is 18.8. The molecule has 6 nitrogen and oxygen atoms in total. The zero-order chi connectivity index (χ0) is 19.7. The number of carbonyl (C=O) groups is 1. The van der Waals surface area contributed by atoms with Crippen molar-refractivity contribution < 1.29 is 13.2 Å². The number of likely N-dealkylation sites (N-methyl/N-ethyl adjacent to an activating group) is 1. The van der Waals surface area contributed by atoms with E-state index in [9.17, 15) is 13.2 Å². The summed E-state index contributed by atoms with van der Waals surface area (Å²) in [5, 5.41) is 1.76. The third-order valence-corrected chi connectivity index (χ3v) is 8.91. The molecule has 1 saturated heterocycles. The average molecular weight is 456 g/mol. The third kappa shape index (κ3) is 4.36. The number of nitrogens with zero attached hydrogens (tertiary/aromatic N) is 3. The average Bonchev–Trinajstić information content (AvgIpc) is 3.28. The second-order valence-corrected chi connectivity index (χ2v) is 10.3. The van der Waals surface area contributed by atoms with E-state index in [-0.39, 0.29) is 24.9 Å². The second-order valence-electron chi connectivity index (χ2n) is 7.23. The van der Waals surface area contributed by atoms with Crippen LogP contribution in [0.15, 0.2) is 46.0 Å². The molecule has 1 atom stereocenters. The molecule has 1 unspecified atom stereocenters. The summed E-state index contributed by atoms with van der Waals surface area (Å²) in [5.74, 6) is -0.0783. The van der Waals surface area contributed by atoms with Gasteiger partial charge in [0.1, 0.15) is 10.3 Å².